The number of nitrogens with zero attached hydrogens (tertiary/aromatic N) is 4. The average Bonchev–Trinajstić information content (AvgIpc) is 3.26. The Morgan fingerprint density at radius 1 is 1.12 bits per heavy atom. The van der Waals surface area contributed by atoms with E-state index in [2.05, 4.69) is 56.7 Å². The number of aryl methyl sites for hydroxylation is 1. The molecule has 1 aromatic carbocycles. The lowest BCUT2D eigenvalue weighted by molar-refractivity contribution is -0.131. The van der Waals surface area contributed by atoms with Gasteiger partial charge in [0.25, 0.3) is 0 Å². The van der Waals surface area contributed by atoms with Gasteiger partial charge >= 0.3 is 0 Å². The number of fused-ring (bicyclic) bond motifs is 1. The molecule has 0 atom stereocenters. The minimum absolute atomic E-state index is 0. The number of nitrogens with one attached hydrogen (secondary N) is 2. The molecule has 3 heterocycles. The van der Waals surface area contributed by atoms with Crippen LogP contribution in [0, 0.1) is 6.92 Å². The van der Waals surface area contributed by atoms with Crippen LogP contribution in [0.5, 0.6) is 0 Å². The van der Waals surface area contributed by atoms with Crippen LogP contribution in [0.25, 0.3) is 0 Å². The molecule has 0 spiro atoms. The van der Waals surface area contributed by atoms with Gasteiger partial charge in [-0.05, 0) is 48.9 Å². The van der Waals surface area contributed by atoms with Crippen LogP contribution in [-0.4, -0.2) is 54.5 Å². The Morgan fingerprint density at radius 3 is 2.42 bits per heavy atom. The van der Waals surface area contributed by atoms with Crippen LogP contribution in [0.4, 0.5) is 5.82 Å². The van der Waals surface area contributed by atoms with E-state index in [4.69, 9.17) is 0 Å². The van der Waals surface area contributed by atoms with Crippen molar-refractivity contribution in [3.8, 4) is 0 Å². The molecule has 7 nitrogen and oxygen atoms in total. The lowest BCUT2D eigenvalue weighted by Crippen LogP contribution is -2.49. The third-order valence-electron chi connectivity index (χ3n) is 6.33. The van der Waals surface area contributed by atoms with Crippen LogP contribution in [0.3, 0.4) is 0 Å². The fourth-order valence-electron chi connectivity index (χ4n) is 4.40. The molecular weight excluding hydrogens is 527 g/mol. The van der Waals surface area contributed by atoms with Gasteiger partial charge in [0, 0.05) is 58.4 Å². The second-order valence-corrected chi connectivity index (χ2v) is 8.72. The van der Waals surface area contributed by atoms with Crippen molar-refractivity contribution in [2.45, 2.75) is 51.7 Å². The molecule has 1 saturated heterocycles. The van der Waals surface area contributed by atoms with Crippen molar-refractivity contribution in [3.63, 3.8) is 0 Å². The van der Waals surface area contributed by atoms with Gasteiger partial charge in [-0.2, -0.15) is 0 Å². The van der Waals surface area contributed by atoms with Gasteiger partial charge in [0.15, 0.2) is 5.96 Å². The number of aromatic nitrogens is 1. The molecular formula is C25H35IN6O. The van der Waals surface area contributed by atoms with E-state index in [1.807, 2.05) is 23.2 Å². The first kappa shape index (κ1) is 25.3. The summed E-state index contributed by atoms with van der Waals surface area (Å²) < 4.78 is 0. The van der Waals surface area contributed by atoms with E-state index in [0.717, 1.165) is 63.8 Å². The Morgan fingerprint density at radius 2 is 1.82 bits per heavy atom. The van der Waals surface area contributed by atoms with Crippen molar-refractivity contribution in [2.24, 2.45) is 4.99 Å². The normalized spacial score (nSPS) is 16.2. The molecule has 4 rings (SSSR count). The van der Waals surface area contributed by atoms with Gasteiger partial charge in [-0.25, -0.2) is 4.98 Å². The minimum atomic E-state index is 0. The zero-order valence-corrected chi connectivity index (χ0v) is 21.9. The highest BCUT2D eigenvalue weighted by Gasteiger charge is 2.23. The van der Waals surface area contributed by atoms with Gasteiger partial charge < -0.3 is 20.4 Å². The lowest BCUT2D eigenvalue weighted by Gasteiger charge is -2.33. The lowest BCUT2D eigenvalue weighted by atomic mass is 10.1. The van der Waals surface area contributed by atoms with Crippen molar-refractivity contribution >= 4 is 41.7 Å². The van der Waals surface area contributed by atoms with E-state index >= 15 is 0 Å². The summed E-state index contributed by atoms with van der Waals surface area (Å²) in [5.74, 6) is 2.10. The molecule has 0 aliphatic carbocycles. The van der Waals surface area contributed by atoms with Gasteiger partial charge in [-0.1, -0.05) is 30.3 Å². The molecule has 0 bridgehead atoms. The standard InChI is InChI=1S/C25H34N6O.HI/c1-19-9-10-23(28-16-19)30-14-11-22(12-15-30)29-25(26-2)27-13-5-8-24(32)31-17-20-6-3-4-7-21(20)18-31;/h3-4,6-7,9-10,16,22H,5,8,11-15,17-18H2,1-2H3,(H2,26,27,29);1H. The summed E-state index contributed by atoms with van der Waals surface area (Å²) in [5.41, 5.74) is 3.73. The molecule has 2 N–H and O–H groups in total. The van der Waals surface area contributed by atoms with Crippen LogP contribution < -0.4 is 15.5 Å². The highest BCUT2D eigenvalue weighted by molar-refractivity contribution is 14.0. The predicted molar refractivity (Wildman–Crippen MR) is 144 cm³/mol. The summed E-state index contributed by atoms with van der Waals surface area (Å²) in [7, 11) is 1.80. The van der Waals surface area contributed by atoms with E-state index in [1.54, 1.807) is 7.05 Å². The van der Waals surface area contributed by atoms with Crippen LogP contribution in [-0.2, 0) is 17.9 Å². The first-order valence-corrected chi connectivity index (χ1v) is 11.6. The molecule has 0 radical (unpaired) electrons. The number of carbonyl (C=O) groups excluding carboxylic acids is 1. The second-order valence-electron chi connectivity index (χ2n) is 8.72. The third kappa shape index (κ3) is 6.82. The number of pyridine rings is 1. The Labute approximate surface area is 214 Å². The highest BCUT2D eigenvalue weighted by Crippen LogP contribution is 2.23. The van der Waals surface area contributed by atoms with E-state index in [9.17, 15) is 4.79 Å². The third-order valence-corrected chi connectivity index (χ3v) is 6.33. The number of halogens is 1. The van der Waals surface area contributed by atoms with Crippen molar-refractivity contribution < 1.29 is 4.79 Å². The molecule has 8 heteroatoms. The maximum absolute atomic E-state index is 12.6. The van der Waals surface area contributed by atoms with Gasteiger partial charge in [-0.15, -0.1) is 24.0 Å². The largest absolute Gasteiger partial charge is 0.356 e. The van der Waals surface area contributed by atoms with Crippen molar-refractivity contribution in [1.29, 1.82) is 0 Å². The predicted octanol–water partition coefficient (Wildman–Crippen LogP) is 3.46. The molecule has 2 aromatic rings. The van der Waals surface area contributed by atoms with Crippen LogP contribution in [0.2, 0.25) is 0 Å². The zero-order chi connectivity index (χ0) is 22.3. The SMILES string of the molecule is CN=C(NCCCC(=O)N1Cc2ccccc2C1)NC1CCN(c2ccc(C)cn2)CC1.I. The van der Waals surface area contributed by atoms with Gasteiger partial charge in [-0.3, -0.25) is 9.79 Å². The van der Waals surface area contributed by atoms with E-state index in [0.29, 0.717) is 12.5 Å². The summed E-state index contributed by atoms with van der Waals surface area (Å²) in [6, 6.07) is 12.9. The number of carbonyl (C=O) groups is 1. The van der Waals surface area contributed by atoms with E-state index in [1.165, 1.54) is 16.7 Å². The molecule has 0 unspecified atom stereocenters. The van der Waals surface area contributed by atoms with E-state index in [-0.39, 0.29) is 29.9 Å². The Balaban J connectivity index is 0.00000306. The quantitative estimate of drug-likeness (QED) is 0.244. The summed E-state index contributed by atoms with van der Waals surface area (Å²) in [4.78, 5) is 25.8. The number of benzene rings is 1. The first-order valence-electron chi connectivity index (χ1n) is 11.6. The van der Waals surface area contributed by atoms with E-state index < -0.39 is 0 Å². The smallest absolute Gasteiger partial charge is 0.223 e. The van der Waals surface area contributed by atoms with Crippen molar-refractivity contribution in [2.75, 3.05) is 31.6 Å². The second kappa shape index (κ2) is 12.2. The maximum atomic E-state index is 12.6. The van der Waals surface area contributed by atoms with Gasteiger partial charge in [0.2, 0.25) is 5.91 Å². The molecule has 0 saturated carbocycles. The number of guanidine groups is 1. The molecule has 1 amide bonds. The number of rotatable bonds is 6. The molecule has 178 valence electrons. The number of amides is 1. The van der Waals surface area contributed by atoms with Gasteiger partial charge in [0.05, 0.1) is 0 Å². The Bertz CT molecular complexity index is 915. The summed E-state index contributed by atoms with van der Waals surface area (Å²) >= 11 is 0. The van der Waals surface area contributed by atoms with Gasteiger partial charge in [0.1, 0.15) is 5.82 Å². The van der Waals surface area contributed by atoms with Crippen molar-refractivity contribution in [3.05, 3.63) is 59.3 Å². The molecule has 2 aliphatic heterocycles. The fourth-order valence-corrected chi connectivity index (χ4v) is 4.40. The van der Waals surface area contributed by atoms with Crippen LogP contribution in [0.1, 0.15) is 42.4 Å². The number of hydrogen-bond donors (Lipinski definition) is 2. The molecule has 33 heavy (non-hydrogen) atoms. The molecule has 1 aromatic heterocycles. The summed E-state index contributed by atoms with van der Waals surface area (Å²) in [5, 5.41) is 6.91. The number of anilines is 1. The molecule has 2 aliphatic rings. The first-order chi connectivity index (χ1) is 15.6. The Kier molecular flexibility index (Phi) is 9.34. The summed E-state index contributed by atoms with van der Waals surface area (Å²) in [6.45, 7) is 6.24. The molecule has 1 fully saturated rings. The average molecular weight is 563 g/mol. The van der Waals surface area contributed by atoms with Crippen molar-refractivity contribution in [1.82, 2.24) is 20.5 Å². The zero-order valence-electron chi connectivity index (χ0n) is 19.6. The highest BCUT2D eigenvalue weighted by atomic mass is 127. The Hall–Kier alpha value is -2.36. The maximum Gasteiger partial charge on any atom is 0.223 e. The number of piperidine rings is 1. The fraction of sp³-hybridized carbons (Fsp3) is 0.480. The number of aliphatic imine (C=N–C) groups is 1. The minimum Gasteiger partial charge on any atom is -0.356 e. The monoisotopic (exact) mass is 562 g/mol. The summed E-state index contributed by atoms with van der Waals surface area (Å²) in [6.07, 6.45) is 5.37. The van der Waals surface area contributed by atoms with Crippen LogP contribution >= 0.6 is 24.0 Å². The van der Waals surface area contributed by atoms with Crippen LogP contribution in [0.15, 0.2) is 47.6 Å². The number of hydrogen-bond acceptors (Lipinski definition) is 4. The topological polar surface area (TPSA) is 72.9 Å².